The van der Waals surface area contributed by atoms with E-state index in [2.05, 4.69) is 4.98 Å². The molecule has 1 N–H and O–H groups in total. The van der Waals surface area contributed by atoms with Crippen LogP contribution in [0.3, 0.4) is 0 Å². The lowest BCUT2D eigenvalue weighted by molar-refractivity contribution is -0.123. The molecule has 0 radical (unpaired) electrons. The Balaban J connectivity index is 1.83. The molecule has 1 aromatic heterocycles. The third-order valence-electron chi connectivity index (χ3n) is 4.71. The first-order valence-corrected chi connectivity index (χ1v) is 8.96. The molecule has 4 rings (SSSR count). The van der Waals surface area contributed by atoms with Gasteiger partial charge >= 0.3 is 0 Å². The first-order chi connectivity index (χ1) is 14.0. The number of aliphatic hydroxyl groups is 1. The van der Waals surface area contributed by atoms with Crippen molar-refractivity contribution in [1.82, 2.24) is 4.98 Å². The van der Waals surface area contributed by atoms with Gasteiger partial charge in [0.25, 0.3) is 0 Å². The molecule has 2 aromatic carbocycles. The van der Waals surface area contributed by atoms with Gasteiger partial charge in [0.1, 0.15) is 17.1 Å². The lowest BCUT2D eigenvalue weighted by Crippen LogP contribution is -2.20. The number of ketones is 2. The number of carbonyl (C=O) groups is 2. The number of ether oxygens (including phenoxy) is 1. The molecule has 3 aromatic rings. The van der Waals surface area contributed by atoms with Crippen molar-refractivity contribution in [3.63, 3.8) is 0 Å². The lowest BCUT2D eigenvalue weighted by Gasteiger charge is -2.15. The summed E-state index contributed by atoms with van der Waals surface area (Å²) in [5.74, 6) is -3.42. The predicted octanol–water partition coefficient (Wildman–Crippen LogP) is 4.90. The molecule has 0 unspecified atom stereocenters. The number of para-hydroxylation sites is 1. The van der Waals surface area contributed by atoms with Crippen LogP contribution in [0.4, 0.5) is 8.78 Å². The number of hydrogen-bond acceptors (Lipinski definition) is 5. The first-order valence-electron chi connectivity index (χ1n) is 8.96. The zero-order valence-electron chi connectivity index (χ0n) is 15.1. The number of aliphatic hydroxyl groups excluding tert-OH is 1. The molecule has 0 saturated heterocycles. The molecule has 0 amide bonds. The van der Waals surface area contributed by atoms with Crippen LogP contribution in [0.25, 0.3) is 16.7 Å². The van der Waals surface area contributed by atoms with Gasteiger partial charge in [-0.2, -0.15) is 0 Å². The first kappa shape index (κ1) is 18.7. The minimum absolute atomic E-state index is 0.111. The van der Waals surface area contributed by atoms with Gasteiger partial charge in [0.05, 0.1) is 5.52 Å². The van der Waals surface area contributed by atoms with Gasteiger partial charge in [-0.25, -0.2) is 8.78 Å². The molecule has 1 fully saturated rings. The van der Waals surface area contributed by atoms with Crippen molar-refractivity contribution in [3.8, 4) is 11.5 Å². The van der Waals surface area contributed by atoms with Crippen LogP contribution in [0.5, 0.6) is 11.5 Å². The van der Waals surface area contributed by atoms with E-state index in [1.165, 1.54) is 30.5 Å². The van der Waals surface area contributed by atoms with Crippen LogP contribution < -0.4 is 4.74 Å². The largest absolute Gasteiger partial charge is 0.506 e. The SMILES string of the molecule is O=C1CCCC(=O)C1=C(O)c1ccc2nccc(Oc3c(F)cccc3F)c2c1. The maximum absolute atomic E-state index is 14.0. The number of rotatable bonds is 3. The highest BCUT2D eigenvalue weighted by molar-refractivity contribution is 6.25. The second kappa shape index (κ2) is 7.43. The van der Waals surface area contributed by atoms with Gasteiger partial charge in [-0.05, 0) is 42.8 Å². The molecule has 0 atom stereocenters. The summed E-state index contributed by atoms with van der Waals surface area (Å²) < 4.78 is 33.4. The number of carbonyl (C=O) groups excluding carboxylic acids is 2. The summed E-state index contributed by atoms with van der Waals surface area (Å²) >= 11 is 0. The molecule has 0 spiro atoms. The van der Waals surface area contributed by atoms with Crippen LogP contribution in [-0.4, -0.2) is 21.7 Å². The number of hydrogen-bond donors (Lipinski definition) is 1. The Morgan fingerprint density at radius 1 is 1.00 bits per heavy atom. The van der Waals surface area contributed by atoms with Crippen LogP contribution >= 0.6 is 0 Å². The van der Waals surface area contributed by atoms with E-state index in [0.29, 0.717) is 17.3 Å². The molecular formula is C22H15F2NO4. The smallest absolute Gasteiger partial charge is 0.198 e. The molecule has 1 saturated carbocycles. The Hall–Kier alpha value is -3.61. The lowest BCUT2D eigenvalue weighted by atomic mass is 9.89. The van der Waals surface area contributed by atoms with E-state index in [1.807, 2.05) is 0 Å². The third-order valence-corrected chi connectivity index (χ3v) is 4.71. The van der Waals surface area contributed by atoms with E-state index in [0.717, 1.165) is 12.1 Å². The molecule has 146 valence electrons. The van der Waals surface area contributed by atoms with E-state index in [4.69, 9.17) is 4.74 Å². The summed E-state index contributed by atoms with van der Waals surface area (Å²) in [5.41, 5.74) is 0.437. The number of halogens is 2. The predicted molar refractivity (Wildman–Crippen MR) is 102 cm³/mol. The molecule has 5 nitrogen and oxygen atoms in total. The average Bonchev–Trinajstić information content (AvgIpc) is 2.70. The molecule has 1 aliphatic carbocycles. The van der Waals surface area contributed by atoms with Gasteiger partial charge in [0.15, 0.2) is 29.0 Å². The average molecular weight is 395 g/mol. The molecule has 0 bridgehead atoms. The number of pyridine rings is 1. The molecular weight excluding hydrogens is 380 g/mol. The number of allylic oxidation sites excluding steroid dienone is 1. The van der Waals surface area contributed by atoms with Gasteiger partial charge < -0.3 is 9.84 Å². The van der Waals surface area contributed by atoms with Crippen LogP contribution in [0, 0.1) is 11.6 Å². The molecule has 0 aliphatic heterocycles. The van der Waals surface area contributed by atoms with Crippen LogP contribution in [-0.2, 0) is 9.59 Å². The topological polar surface area (TPSA) is 76.5 Å². The minimum atomic E-state index is -0.866. The zero-order chi connectivity index (χ0) is 20.5. The Morgan fingerprint density at radius 2 is 1.69 bits per heavy atom. The number of benzene rings is 2. The Kier molecular flexibility index (Phi) is 4.80. The highest BCUT2D eigenvalue weighted by Gasteiger charge is 2.27. The van der Waals surface area contributed by atoms with E-state index < -0.39 is 34.7 Å². The second-order valence-corrected chi connectivity index (χ2v) is 6.62. The maximum Gasteiger partial charge on any atom is 0.198 e. The summed E-state index contributed by atoms with van der Waals surface area (Å²) in [6, 6.07) is 9.34. The normalized spacial score (nSPS) is 14.3. The van der Waals surface area contributed by atoms with E-state index in [1.54, 1.807) is 6.07 Å². The van der Waals surface area contributed by atoms with Crippen LogP contribution in [0.2, 0.25) is 0 Å². The van der Waals surface area contributed by atoms with Crippen molar-refractivity contribution in [2.75, 3.05) is 0 Å². The number of fused-ring (bicyclic) bond motifs is 1. The zero-order valence-corrected chi connectivity index (χ0v) is 15.1. The van der Waals surface area contributed by atoms with E-state index >= 15 is 0 Å². The highest BCUT2D eigenvalue weighted by atomic mass is 19.1. The fourth-order valence-corrected chi connectivity index (χ4v) is 3.27. The quantitative estimate of drug-likeness (QED) is 0.388. The Labute approximate surface area is 164 Å². The molecule has 29 heavy (non-hydrogen) atoms. The second-order valence-electron chi connectivity index (χ2n) is 6.62. The van der Waals surface area contributed by atoms with Gasteiger partial charge in [0.2, 0.25) is 0 Å². The van der Waals surface area contributed by atoms with Crippen molar-refractivity contribution >= 4 is 28.2 Å². The van der Waals surface area contributed by atoms with E-state index in [-0.39, 0.29) is 29.7 Å². The Bertz CT molecular complexity index is 1150. The van der Waals surface area contributed by atoms with Crippen molar-refractivity contribution < 1.29 is 28.2 Å². The summed E-state index contributed by atoms with van der Waals surface area (Å²) in [6.07, 6.45) is 2.27. The van der Waals surface area contributed by atoms with Gasteiger partial charge in [0, 0.05) is 30.0 Å². The monoisotopic (exact) mass is 395 g/mol. The van der Waals surface area contributed by atoms with Gasteiger partial charge in [-0.15, -0.1) is 0 Å². The summed E-state index contributed by atoms with van der Waals surface area (Å²) in [7, 11) is 0. The van der Waals surface area contributed by atoms with Crippen molar-refractivity contribution in [2.45, 2.75) is 19.3 Å². The van der Waals surface area contributed by atoms with E-state index in [9.17, 15) is 23.5 Å². The third kappa shape index (κ3) is 3.47. The van der Waals surface area contributed by atoms with Crippen molar-refractivity contribution in [2.24, 2.45) is 0 Å². The fourth-order valence-electron chi connectivity index (χ4n) is 3.27. The fraction of sp³-hybridized carbons (Fsp3) is 0.136. The summed E-state index contributed by atoms with van der Waals surface area (Å²) in [4.78, 5) is 28.4. The summed E-state index contributed by atoms with van der Waals surface area (Å²) in [5, 5.41) is 10.9. The number of nitrogens with zero attached hydrogens (tertiary/aromatic N) is 1. The Morgan fingerprint density at radius 3 is 2.38 bits per heavy atom. The molecule has 1 heterocycles. The number of aromatic nitrogens is 1. The van der Waals surface area contributed by atoms with Crippen LogP contribution in [0.15, 0.2) is 54.2 Å². The summed E-state index contributed by atoms with van der Waals surface area (Å²) in [6.45, 7) is 0. The number of Topliss-reactive ketones (excluding diaryl/α,β-unsaturated/α-hetero) is 2. The standard InChI is InChI=1S/C22H15F2NO4/c23-14-3-1-4-15(24)22(14)29-19-9-10-25-16-8-7-12(11-13(16)19)21(28)20-17(26)5-2-6-18(20)27/h1,3-4,7-11,28H,2,5-6H2. The minimum Gasteiger partial charge on any atom is -0.506 e. The molecule has 7 heteroatoms. The molecule has 1 aliphatic rings. The highest BCUT2D eigenvalue weighted by Crippen LogP contribution is 2.34. The van der Waals surface area contributed by atoms with Gasteiger partial charge in [-0.1, -0.05) is 6.07 Å². The van der Waals surface area contributed by atoms with Crippen molar-refractivity contribution in [1.29, 1.82) is 0 Å². The maximum atomic E-state index is 14.0. The van der Waals surface area contributed by atoms with Gasteiger partial charge in [-0.3, -0.25) is 14.6 Å². The van der Waals surface area contributed by atoms with Crippen molar-refractivity contribution in [3.05, 3.63) is 71.4 Å². The van der Waals surface area contributed by atoms with Crippen LogP contribution in [0.1, 0.15) is 24.8 Å².